The van der Waals surface area contributed by atoms with Crippen molar-refractivity contribution >= 4 is 23.2 Å². The van der Waals surface area contributed by atoms with E-state index < -0.39 is 0 Å². The average Bonchev–Trinajstić information content (AvgIpc) is 2.59. The molecule has 90 valence electrons. The molecule has 0 aliphatic heterocycles. The molecule has 2 aromatic rings. The monoisotopic (exact) mass is 270 g/mol. The van der Waals surface area contributed by atoms with Gasteiger partial charge in [-0.2, -0.15) is 5.10 Å². The van der Waals surface area contributed by atoms with Crippen LogP contribution in [-0.4, -0.2) is 19.7 Å². The molecule has 0 atom stereocenters. The third-order valence-corrected chi connectivity index (χ3v) is 2.84. The van der Waals surface area contributed by atoms with Gasteiger partial charge in [-0.25, -0.2) is 14.6 Å². The number of rotatable bonds is 3. The molecule has 0 spiro atoms. The maximum Gasteiger partial charge on any atom is 0.158 e. The first-order chi connectivity index (χ1) is 8.10. The Morgan fingerprint density at radius 3 is 2.65 bits per heavy atom. The van der Waals surface area contributed by atoms with E-state index in [-0.39, 0.29) is 0 Å². The molecular weight excluding hydrogens is 259 g/mol. The Balaban J connectivity index is 2.44. The lowest BCUT2D eigenvalue weighted by atomic mass is 10.3. The predicted octanol–water partition coefficient (Wildman–Crippen LogP) is 3.23. The Bertz CT molecular complexity index is 517. The van der Waals surface area contributed by atoms with Crippen LogP contribution in [0.2, 0.25) is 10.2 Å². The molecule has 0 saturated heterocycles. The maximum atomic E-state index is 5.96. The molecule has 0 aliphatic rings. The summed E-state index contributed by atoms with van der Waals surface area (Å²) in [5.74, 6) is 1.36. The van der Waals surface area contributed by atoms with Crippen LogP contribution in [0.3, 0.4) is 0 Å². The van der Waals surface area contributed by atoms with E-state index in [9.17, 15) is 0 Å². The fourth-order valence-electron chi connectivity index (χ4n) is 1.46. The van der Waals surface area contributed by atoms with E-state index in [1.54, 1.807) is 16.9 Å². The first-order valence-electron chi connectivity index (χ1n) is 5.35. The Labute approximate surface area is 110 Å². The second kappa shape index (κ2) is 5.02. The van der Waals surface area contributed by atoms with E-state index in [1.165, 1.54) is 0 Å². The van der Waals surface area contributed by atoms with Gasteiger partial charge in [-0.15, -0.1) is 0 Å². The molecular formula is C11H12Cl2N4. The van der Waals surface area contributed by atoms with Crippen molar-refractivity contribution in [2.75, 3.05) is 0 Å². The normalized spacial score (nSPS) is 10.8. The van der Waals surface area contributed by atoms with Crippen LogP contribution in [0.4, 0.5) is 0 Å². The molecule has 2 heterocycles. The summed E-state index contributed by atoms with van der Waals surface area (Å²) in [7, 11) is 0. The van der Waals surface area contributed by atoms with Crippen LogP contribution in [0.25, 0.3) is 5.82 Å². The summed E-state index contributed by atoms with van der Waals surface area (Å²) in [5.41, 5.74) is 0.762. The van der Waals surface area contributed by atoms with Crippen LogP contribution in [0, 0.1) is 6.92 Å². The minimum Gasteiger partial charge on any atom is -0.221 e. The van der Waals surface area contributed by atoms with E-state index in [0.29, 0.717) is 16.0 Å². The van der Waals surface area contributed by atoms with Gasteiger partial charge in [-0.05, 0) is 13.3 Å². The smallest absolute Gasteiger partial charge is 0.158 e. The maximum absolute atomic E-state index is 5.96. The van der Waals surface area contributed by atoms with Crippen LogP contribution in [0.5, 0.6) is 0 Å². The van der Waals surface area contributed by atoms with Gasteiger partial charge in [0.15, 0.2) is 5.82 Å². The summed E-state index contributed by atoms with van der Waals surface area (Å²) in [5, 5.41) is 5.29. The van der Waals surface area contributed by atoms with Gasteiger partial charge in [0.05, 0.1) is 16.9 Å². The van der Waals surface area contributed by atoms with Crippen LogP contribution in [0.15, 0.2) is 12.3 Å². The van der Waals surface area contributed by atoms with Crippen molar-refractivity contribution in [3.05, 3.63) is 34.0 Å². The second-order valence-corrected chi connectivity index (χ2v) is 4.52. The molecule has 0 amide bonds. The minimum absolute atomic E-state index is 0.419. The van der Waals surface area contributed by atoms with Crippen molar-refractivity contribution < 1.29 is 0 Å². The van der Waals surface area contributed by atoms with Crippen LogP contribution in [0.1, 0.15) is 24.9 Å². The molecule has 2 rings (SSSR count). The number of nitrogens with zero attached hydrogens (tertiary/aromatic N) is 4. The molecule has 0 radical (unpaired) electrons. The van der Waals surface area contributed by atoms with Crippen LogP contribution >= 0.6 is 23.2 Å². The van der Waals surface area contributed by atoms with Gasteiger partial charge in [0.25, 0.3) is 0 Å². The lowest BCUT2D eigenvalue weighted by Crippen LogP contribution is -2.03. The largest absolute Gasteiger partial charge is 0.221 e. The third-order valence-electron chi connectivity index (χ3n) is 2.28. The molecule has 4 nitrogen and oxygen atoms in total. The summed E-state index contributed by atoms with van der Waals surface area (Å²) in [4.78, 5) is 8.55. The Morgan fingerprint density at radius 1 is 1.29 bits per heavy atom. The lowest BCUT2D eigenvalue weighted by Gasteiger charge is -2.03. The zero-order valence-corrected chi connectivity index (χ0v) is 11.1. The number of aryl methyl sites for hydroxylation is 2. The molecule has 6 heteroatoms. The van der Waals surface area contributed by atoms with E-state index in [2.05, 4.69) is 22.0 Å². The van der Waals surface area contributed by atoms with E-state index in [4.69, 9.17) is 23.2 Å². The van der Waals surface area contributed by atoms with Crippen molar-refractivity contribution in [3.63, 3.8) is 0 Å². The van der Waals surface area contributed by atoms with Gasteiger partial charge in [0.1, 0.15) is 11.0 Å². The van der Waals surface area contributed by atoms with Gasteiger partial charge >= 0.3 is 0 Å². The van der Waals surface area contributed by atoms with E-state index >= 15 is 0 Å². The molecule has 0 N–H and O–H groups in total. The van der Waals surface area contributed by atoms with Crippen molar-refractivity contribution in [3.8, 4) is 5.82 Å². The fourth-order valence-corrected chi connectivity index (χ4v) is 1.79. The molecule has 0 fully saturated rings. The Morgan fingerprint density at radius 2 is 2.06 bits per heavy atom. The topological polar surface area (TPSA) is 43.6 Å². The van der Waals surface area contributed by atoms with Crippen molar-refractivity contribution in [2.45, 2.75) is 26.7 Å². The molecule has 0 saturated carbocycles. The highest BCUT2D eigenvalue weighted by atomic mass is 35.5. The van der Waals surface area contributed by atoms with Gasteiger partial charge in [0, 0.05) is 12.5 Å². The van der Waals surface area contributed by atoms with Gasteiger partial charge in [0.2, 0.25) is 0 Å². The summed E-state index contributed by atoms with van der Waals surface area (Å²) in [6, 6.07) is 1.67. The molecule has 0 aromatic carbocycles. The summed E-state index contributed by atoms with van der Waals surface area (Å²) >= 11 is 11.9. The highest BCUT2D eigenvalue weighted by molar-refractivity contribution is 6.31. The highest BCUT2D eigenvalue weighted by Gasteiger charge is 2.08. The zero-order chi connectivity index (χ0) is 12.4. The number of hydrogen-bond donors (Lipinski definition) is 0. The summed E-state index contributed by atoms with van der Waals surface area (Å²) in [6.45, 7) is 3.91. The number of hydrogen-bond acceptors (Lipinski definition) is 3. The highest BCUT2D eigenvalue weighted by Crippen LogP contribution is 2.17. The van der Waals surface area contributed by atoms with Gasteiger partial charge < -0.3 is 0 Å². The lowest BCUT2D eigenvalue weighted by molar-refractivity contribution is 0.779. The third kappa shape index (κ3) is 2.76. The number of halogens is 2. The van der Waals surface area contributed by atoms with Crippen LogP contribution in [-0.2, 0) is 6.42 Å². The SMILES string of the molecule is CCCc1nc(Cl)cc(-n2cc(Cl)c(C)n2)n1. The van der Waals surface area contributed by atoms with Crippen molar-refractivity contribution in [2.24, 2.45) is 0 Å². The number of aromatic nitrogens is 4. The standard InChI is InChI=1S/C11H12Cl2N4/c1-3-4-10-14-9(13)5-11(15-10)17-6-8(12)7(2)16-17/h5-6H,3-4H2,1-2H3. The van der Waals surface area contributed by atoms with Crippen molar-refractivity contribution in [1.82, 2.24) is 19.7 Å². The zero-order valence-electron chi connectivity index (χ0n) is 9.61. The first kappa shape index (κ1) is 12.3. The Kier molecular flexibility index (Phi) is 3.64. The van der Waals surface area contributed by atoms with Gasteiger partial charge in [-0.1, -0.05) is 30.1 Å². The molecule has 0 unspecified atom stereocenters. The first-order valence-corrected chi connectivity index (χ1v) is 6.11. The molecule has 2 aromatic heterocycles. The summed E-state index contributed by atoms with van der Waals surface area (Å²) in [6.07, 6.45) is 3.48. The second-order valence-electron chi connectivity index (χ2n) is 3.72. The van der Waals surface area contributed by atoms with Gasteiger partial charge in [-0.3, -0.25) is 0 Å². The van der Waals surface area contributed by atoms with E-state index in [0.717, 1.165) is 24.4 Å². The van der Waals surface area contributed by atoms with Crippen LogP contribution < -0.4 is 0 Å². The van der Waals surface area contributed by atoms with Crippen molar-refractivity contribution in [1.29, 1.82) is 0 Å². The summed E-state index contributed by atoms with van der Waals surface area (Å²) < 4.78 is 1.62. The van der Waals surface area contributed by atoms with E-state index in [1.807, 2.05) is 6.92 Å². The quantitative estimate of drug-likeness (QED) is 0.805. The fraction of sp³-hybridized carbons (Fsp3) is 0.364. The Hall–Kier alpha value is -1.13. The molecule has 0 bridgehead atoms. The molecule has 0 aliphatic carbocycles. The minimum atomic E-state index is 0.419. The molecule has 17 heavy (non-hydrogen) atoms. The average molecular weight is 271 g/mol. The predicted molar refractivity (Wildman–Crippen MR) is 67.9 cm³/mol.